The minimum Gasteiger partial charge on any atom is -0.464 e. The first-order chi connectivity index (χ1) is 9.77. The average Bonchev–Trinajstić information content (AvgIpc) is 2.92. The molecule has 2 rings (SSSR count). The van der Waals surface area contributed by atoms with Gasteiger partial charge in [0.1, 0.15) is 5.70 Å². The van der Waals surface area contributed by atoms with E-state index < -0.39 is 0 Å². The van der Waals surface area contributed by atoms with Gasteiger partial charge >= 0.3 is 13.1 Å². The number of hydrogen-bond donors (Lipinski definition) is 1. The summed E-state index contributed by atoms with van der Waals surface area (Å²) in [6, 6.07) is 0. The third-order valence-electron chi connectivity index (χ3n) is 4.69. The molecule has 1 saturated heterocycles. The minimum atomic E-state index is -0.275. The molecule has 1 fully saturated rings. The molecule has 2 aliphatic heterocycles. The lowest BCUT2D eigenvalue weighted by Crippen LogP contribution is -2.41. The molecular weight excluding hydrogens is 269 g/mol. The molecule has 0 bridgehead atoms. The molecule has 0 saturated carbocycles. The quantitative estimate of drug-likeness (QED) is 0.623. The van der Waals surface area contributed by atoms with Crippen LogP contribution in [0.25, 0.3) is 0 Å². The number of carbonyl (C=O) groups excluding carboxylic acids is 1. The molecule has 0 atom stereocenters. The van der Waals surface area contributed by atoms with Gasteiger partial charge in [-0.2, -0.15) is 0 Å². The molecule has 2 heterocycles. The van der Waals surface area contributed by atoms with E-state index >= 15 is 0 Å². The van der Waals surface area contributed by atoms with Crippen LogP contribution in [0.5, 0.6) is 0 Å². The predicted molar refractivity (Wildman–Crippen MR) is 81.8 cm³/mol. The number of rotatable bonds is 5. The summed E-state index contributed by atoms with van der Waals surface area (Å²) in [5.41, 5.74) is 1.25. The molecule has 0 spiro atoms. The summed E-state index contributed by atoms with van der Waals surface area (Å²) in [7, 11) is 1.25. The first-order valence-corrected chi connectivity index (χ1v) is 7.67. The van der Waals surface area contributed by atoms with E-state index in [-0.39, 0.29) is 24.3 Å². The van der Waals surface area contributed by atoms with E-state index in [4.69, 9.17) is 14.0 Å². The zero-order valence-corrected chi connectivity index (χ0v) is 13.7. The third-order valence-corrected chi connectivity index (χ3v) is 4.69. The summed E-state index contributed by atoms with van der Waals surface area (Å²) in [4.78, 5) is 11.6. The fourth-order valence-corrected chi connectivity index (χ4v) is 2.72. The van der Waals surface area contributed by atoms with Gasteiger partial charge in [-0.3, -0.25) is 0 Å². The molecular formula is C15H26BNO4. The summed E-state index contributed by atoms with van der Waals surface area (Å²) in [6.45, 7) is 9.06. The van der Waals surface area contributed by atoms with Gasteiger partial charge in [-0.05, 0) is 52.4 Å². The van der Waals surface area contributed by atoms with E-state index in [1.165, 1.54) is 7.11 Å². The van der Waals surface area contributed by atoms with Crippen LogP contribution in [-0.4, -0.2) is 37.9 Å². The van der Waals surface area contributed by atoms with Crippen molar-refractivity contribution in [3.8, 4) is 0 Å². The first-order valence-electron chi connectivity index (χ1n) is 7.67. The monoisotopic (exact) mass is 295 g/mol. The van der Waals surface area contributed by atoms with Crippen LogP contribution in [0.15, 0.2) is 11.3 Å². The highest BCUT2D eigenvalue weighted by Gasteiger charge is 2.50. The molecule has 0 aromatic carbocycles. The van der Waals surface area contributed by atoms with Gasteiger partial charge in [-0.15, -0.1) is 0 Å². The zero-order valence-electron chi connectivity index (χ0n) is 13.7. The second-order valence-electron chi connectivity index (χ2n) is 6.73. The Labute approximate surface area is 127 Å². The first kappa shape index (κ1) is 16.4. The fourth-order valence-electron chi connectivity index (χ4n) is 2.72. The fraction of sp³-hybridized carbons (Fsp3) is 0.800. The van der Waals surface area contributed by atoms with E-state index in [1.807, 2.05) is 0 Å². The largest absolute Gasteiger partial charge is 0.464 e. The van der Waals surface area contributed by atoms with Crippen molar-refractivity contribution in [3.05, 3.63) is 11.3 Å². The number of esters is 1. The Balaban J connectivity index is 1.84. The van der Waals surface area contributed by atoms with Crippen molar-refractivity contribution < 1.29 is 18.8 Å². The van der Waals surface area contributed by atoms with Crippen LogP contribution in [0.2, 0.25) is 6.32 Å². The lowest BCUT2D eigenvalue weighted by atomic mass is 9.81. The lowest BCUT2D eigenvalue weighted by Gasteiger charge is -2.32. The Morgan fingerprint density at radius 2 is 1.90 bits per heavy atom. The van der Waals surface area contributed by atoms with Gasteiger partial charge in [-0.1, -0.05) is 6.42 Å². The third kappa shape index (κ3) is 3.43. The molecule has 0 aliphatic carbocycles. The van der Waals surface area contributed by atoms with Gasteiger partial charge < -0.3 is 19.4 Å². The van der Waals surface area contributed by atoms with E-state index in [9.17, 15) is 4.79 Å². The van der Waals surface area contributed by atoms with Gasteiger partial charge in [0, 0.05) is 6.54 Å². The average molecular weight is 295 g/mol. The van der Waals surface area contributed by atoms with Crippen LogP contribution in [0, 0.1) is 0 Å². The van der Waals surface area contributed by atoms with Crippen LogP contribution in [0.3, 0.4) is 0 Å². The molecule has 6 heteroatoms. The Hall–Kier alpha value is -1.01. The number of nitrogens with one attached hydrogen (secondary N) is 1. The summed E-state index contributed by atoms with van der Waals surface area (Å²) in [6.07, 6.45) is 3.56. The van der Waals surface area contributed by atoms with Crippen molar-refractivity contribution in [2.24, 2.45) is 0 Å². The normalized spacial score (nSPS) is 23.4. The van der Waals surface area contributed by atoms with Gasteiger partial charge in [0.15, 0.2) is 0 Å². The molecule has 1 N–H and O–H groups in total. The van der Waals surface area contributed by atoms with Gasteiger partial charge in [0.25, 0.3) is 0 Å². The Bertz CT molecular complexity index is 429. The van der Waals surface area contributed by atoms with Crippen molar-refractivity contribution in [1.82, 2.24) is 5.32 Å². The minimum absolute atomic E-state index is 0.161. The summed E-state index contributed by atoms with van der Waals surface area (Å²) in [5.74, 6) is -0.266. The van der Waals surface area contributed by atoms with Gasteiger partial charge in [0.05, 0.1) is 18.3 Å². The number of hydrogen-bond acceptors (Lipinski definition) is 5. The van der Waals surface area contributed by atoms with Crippen molar-refractivity contribution in [1.29, 1.82) is 0 Å². The van der Waals surface area contributed by atoms with Crippen LogP contribution in [0.1, 0.15) is 47.0 Å². The second kappa shape index (κ2) is 6.01. The molecule has 0 aromatic rings. The zero-order chi connectivity index (χ0) is 15.7. The highest BCUT2D eigenvalue weighted by atomic mass is 16.7. The van der Waals surface area contributed by atoms with E-state index in [1.54, 1.807) is 0 Å². The second-order valence-corrected chi connectivity index (χ2v) is 6.73. The predicted octanol–water partition coefficient (Wildman–Crippen LogP) is 2.28. The van der Waals surface area contributed by atoms with Crippen molar-refractivity contribution in [3.63, 3.8) is 0 Å². The van der Waals surface area contributed by atoms with Crippen molar-refractivity contribution in [2.45, 2.75) is 64.5 Å². The number of methoxy groups -OCH3 is 1. The highest BCUT2D eigenvalue weighted by molar-refractivity contribution is 6.45. The van der Waals surface area contributed by atoms with Gasteiger partial charge in [-0.25, -0.2) is 4.79 Å². The molecule has 118 valence electrons. The van der Waals surface area contributed by atoms with Crippen LogP contribution >= 0.6 is 0 Å². The Morgan fingerprint density at radius 1 is 1.29 bits per heavy atom. The van der Waals surface area contributed by atoms with Gasteiger partial charge in [0.2, 0.25) is 0 Å². The molecule has 0 amide bonds. The topological polar surface area (TPSA) is 56.8 Å². The molecule has 2 aliphatic rings. The Morgan fingerprint density at radius 3 is 2.48 bits per heavy atom. The molecule has 0 unspecified atom stereocenters. The number of ether oxygens (including phenoxy) is 1. The van der Waals surface area contributed by atoms with E-state index in [0.717, 1.165) is 37.7 Å². The standard InChI is InChI=1S/C15H26BNO4/c1-14(2)15(3,4)21-16(20-14)9-6-7-11-8-10-17-12(11)13(18)19-5/h17H,6-10H2,1-5H3. The van der Waals surface area contributed by atoms with Crippen LogP contribution in [0.4, 0.5) is 0 Å². The van der Waals surface area contributed by atoms with Crippen molar-refractivity contribution >= 4 is 13.1 Å². The summed E-state index contributed by atoms with van der Waals surface area (Å²) in [5, 5.41) is 3.10. The molecule has 5 nitrogen and oxygen atoms in total. The highest BCUT2D eigenvalue weighted by Crippen LogP contribution is 2.38. The smallest absolute Gasteiger partial charge is 0.457 e. The van der Waals surface area contributed by atoms with Crippen LogP contribution < -0.4 is 5.32 Å². The Kier molecular flexibility index (Phi) is 4.68. The summed E-state index contributed by atoms with van der Waals surface area (Å²) >= 11 is 0. The maximum atomic E-state index is 11.6. The number of carbonyl (C=O) groups is 1. The lowest BCUT2D eigenvalue weighted by molar-refractivity contribution is -0.136. The van der Waals surface area contributed by atoms with E-state index in [0.29, 0.717) is 5.70 Å². The maximum absolute atomic E-state index is 11.6. The van der Waals surface area contributed by atoms with E-state index in [2.05, 4.69) is 33.0 Å². The molecule has 21 heavy (non-hydrogen) atoms. The van der Waals surface area contributed by atoms with Crippen molar-refractivity contribution in [2.75, 3.05) is 13.7 Å². The molecule has 0 aromatic heterocycles. The molecule has 0 radical (unpaired) electrons. The SMILES string of the molecule is COC(=O)C1=C(CCCB2OC(C)(C)C(C)(C)O2)CCN1. The summed E-state index contributed by atoms with van der Waals surface area (Å²) < 4.78 is 16.7. The van der Waals surface area contributed by atoms with Crippen LogP contribution in [-0.2, 0) is 18.8 Å². The maximum Gasteiger partial charge on any atom is 0.457 e.